The summed E-state index contributed by atoms with van der Waals surface area (Å²) in [6.07, 6.45) is -15.6. The van der Waals surface area contributed by atoms with E-state index < -0.39 is 52.8 Å². The molecule has 3 aromatic rings. The SMILES string of the molecule is CCC(C)(CC)c1ccc(C2=Nc3ccc(Cc4ccc5c(c4)C(C)(C(F)(F)F)OC(C(C)C)=N5)cc3C(C(F)(F)F)(C(F)(F)F)O2)cc1. The summed E-state index contributed by atoms with van der Waals surface area (Å²) in [7, 11) is 0. The van der Waals surface area contributed by atoms with Crippen LogP contribution in [0, 0.1) is 5.92 Å². The van der Waals surface area contributed by atoms with Crippen molar-refractivity contribution in [2.75, 3.05) is 0 Å². The largest absolute Gasteiger partial charge is 0.460 e. The topological polar surface area (TPSA) is 43.2 Å². The lowest BCUT2D eigenvalue weighted by molar-refractivity contribution is -0.370. The number of halogens is 9. The molecule has 0 spiro atoms. The maximum absolute atomic E-state index is 14.8. The van der Waals surface area contributed by atoms with Crippen molar-refractivity contribution in [3.8, 4) is 0 Å². The molecule has 2 heterocycles. The minimum absolute atomic E-state index is 0.00515. The minimum atomic E-state index is -5.98. The van der Waals surface area contributed by atoms with Crippen molar-refractivity contribution < 1.29 is 49.0 Å². The van der Waals surface area contributed by atoms with E-state index in [0.29, 0.717) is 6.07 Å². The maximum atomic E-state index is 14.8. The molecule has 1 atom stereocenters. The molecule has 2 aliphatic heterocycles. The van der Waals surface area contributed by atoms with Crippen molar-refractivity contribution in [1.29, 1.82) is 0 Å². The third-order valence-corrected chi connectivity index (χ3v) is 9.66. The van der Waals surface area contributed by atoms with E-state index in [1.165, 1.54) is 30.3 Å². The predicted molar refractivity (Wildman–Crippen MR) is 168 cm³/mol. The Hall–Kier alpha value is -4.03. The molecule has 0 aromatic heterocycles. The van der Waals surface area contributed by atoms with E-state index in [1.807, 2.05) is 20.8 Å². The molecule has 13 heteroatoms. The first kappa shape index (κ1) is 36.3. The Labute approximate surface area is 278 Å². The van der Waals surface area contributed by atoms with Crippen molar-refractivity contribution in [3.05, 3.63) is 94.0 Å². The average Bonchev–Trinajstić information content (AvgIpc) is 3.02. The molecule has 2 aliphatic rings. The van der Waals surface area contributed by atoms with Crippen LogP contribution in [0.5, 0.6) is 0 Å². The molecule has 0 N–H and O–H groups in total. The Kier molecular flexibility index (Phi) is 8.94. The van der Waals surface area contributed by atoms with Crippen LogP contribution in [0.1, 0.15) is 87.8 Å². The van der Waals surface area contributed by atoms with Gasteiger partial charge in [-0.3, -0.25) is 0 Å². The number of benzene rings is 3. The van der Waals surface area contributed by atoms with Crippen LogP contribution in [0.2, 0.25) is 0 Å². The Morgan fingerprint density at radius 2 is 1.18 bits per heavy atom. The number of hydrogen-bond donors (Lipinski definition) is 0. The van der Waals surface area contributed by atoms with Gasteiger partial charge in [0.15, 0.2) is 5.90 Å². The van der Waals surface area contributed by atoms with E-state index in [2.05, 4.69) is 9.98 Å². The van der Waals surface area contributed by atoms with Crippen LogP contribution in [-0.2, 0) is 32.5 Å². The van der Waals surface area contributed by atoms with Gasteiger partial charge in [0.25, 0.3) is 0 Å². The highest BCUT2D eigenvalue weighted by molar-refractivity contribution is 5.98. The molecule has 3 aromatic carbocycles. The molecular formula is C36H35F9N2O2. The zero-order valence-corrected chi connectivity index (χ0v) is 27.6. The quantitative estimate of drug-likeness (QED) is 0.231. The number of rotatable bonds is 7. The fourth-order valence-electron chi connectivity index (χ4n) is 6.06. The average molecular weight is 699 g/mol. The molecule has 5 rings (SSSR count). The molecule has 264 valence electrons. The number of fused-ring (bicyclic) bond motifs is 2. The second-order valence-corrected chi connectivity index (χ2v) is 13.2. The summed E-state index contributed by atoms with van der Waals surface area (Å²) in [6, 6.07) is 12.9. The zero-order chi connectivity index (χ0) is 36.4. The highest BCUT2D eigenvalue weighted by atomic mass is 19.4. The molecule has 0 amide bonds. The van der Waals surface area contributed by atoms with E-state index in [9.17, 15) is 39.5 Å². The summed E-state index contributed by atoms with van der Waals surface area (Å²) >= 11 is 0. The normalized spacial score (nSPS) is 19.3. The van der Waals surface area contributed by atoms with Gasteiger partial charge in [-0.25, -0.2) is 9.98 Å². The highest BCUT2D eigenvalue weighted by Crippen LogP contribution is 2.57. The molecule has 4 nitrogen and oxygen atoms in total. The van der Waals surface area contributed by atoms with Gasteiger partial charge in [-0.15, -0.1) is 0 Å². The Morgan fingerprint density at radius 1 is 0.673 bits per heavy atom. The van der Waals surface area contributed by atoms with Crippen molar-refractivity contribution in [3.63, 3.8) is 0 Å². The molecule has 0 fully saturated rings. The van der Waals surface area contributed by atoms with Crippen LogP contribution >= 0.6 is 0 Å². The predicted octanol–water partition coefficient (Wildman–Crippen LogP) is 11.3. The fraction of sp³-hybridized carbons (Fsp3) is 0.444. The van der Waals surface area contributed by atoms with Crippen LogP contribution in [0.3, 0.4) is 0 Å². The fourth-order valence-corrected chi connectivity index (χ4v) is 6.06. The summed E-state index contributed by atoms with van der Waals surface area (Å²) in [5, 5.41) is 0. The number of hydrogen-bond acceptors (Lipinski definition) is 4. The van der Waals surface area contributed by atoms with Crippen molar-refractivity contribution >= 4 is 23.2 Å². The Morgan fingerprint density at radius 3 is 1.65 bits per heavy atom. The van der Waals surface area contributed by atoms with E-state index in [-0.39, 0.29) is 45.7 Å². The number of aliphatic imine (C=N–C) groups is 2. The zero-order valence-electron chi connectivity index (χ0n) is 27.6. The number of nitrogens with zero attached hydrogens (tertiary/aromatic N) is 2. The number of alkyl halides is 9. The molecule has 0 aliphatic carbocycles. The molecule has 0 bridgehead atoms. The first-order chi connectivity index (χ1) is 22.6. The Bertz CT molecular complexity index is 1770. The molecule has 1 unspecified atom stereocenters. The summed E-state index contributed by atoms with van der Waals surface area (Å²) in [5.41, 5.74) is -9.11. The van der Waals surface area contributed by atoms with Gasteiger partial charge in [0, 0.05) is 22.6 Å². The van der Waals surface area contributed by atoms with Gasteiger partial charge >= 0.3 is 24.1 Å². The smallest absolute Gasteiger partial charge is 0.442 e. The molecule has 0 saturated heterocycles. The van der Waals surface area contributed by atoms with Crippen LogP contribution in [0.4, 0.5) is 50.9 Å². The first-order valence-corrected chi connectivity index (χ1v) is 15.7. The van der Waals surface area contributed by atoms with Gasteiger partial charge in [0.1, 0.15) is 0 Å². The van der Waals surface area contributed by atoms with E-state index >= 15 is 0 Å². The van der Waals surface area contributed by atoms with Crippen molar-refractivity contribution in [2.24, 2.45) is 15.9 Å². The minimum Gasteiger partial charge on any atom is -0.460 e. The lowest BCUT2D eigenvalue weighted by Gasteiger charge is -2.40. The van der Waals surface area contributed by atoms with Gasteiger partial charge in [0.2, 0.25) is 11.5 Å². The molecular weight excluding hydrogens is 663 g/mol. The first-order valence-electron chi connectivity index (χ1n) is 15.7. The third kappa shape index (κ3) is 6.07. The Balaban J connectivity index is 1.60. The van der Waals surface area contributed by atoms with E-state index in [1.54, 1.807) is 26.0 Å². The lowest BCUT2D eigenvalue weighted by Crippen LogP contribution is -2.58. The van der Waals surface area contributed by atoms with Crippen molar-refractivity contribution in [1.82, 2.24) is 0 Å². The summed E-state index contributed by atoms with van der Waals surface area (Å²) < 4.78 is 142. The summed E-state index contributed by atoms with van der Waals surface area (Å²) in [6.45, 7) is 10.1. The molecule has 49 heavy (non-hydrogen) atoms. The summed E-state index contributed by atoms with van der Waals surface area (Å²) in [4.78, 5) is 8.28. The second-order valence-electron chi connectivity index (χ2n) is 13.2. The van der Waals surface area contributed by atoms with E-state index in [4.69, 9.17) is 9.47 Å². The van der Waals surface area contributed by atoms with Crippen LogP contribution < -0.4 is 0 Å². The highest BCUT2D eigenvalue weighted by Gasteiger charge is 2.76. The van der Waals surface area contributed by atoms with Crippen LogP contribution in [0.25, 0.3) is 0 Å². The monoisotopic (exact) mass is 698 g/mol. The van der Waals surface area contributed by atoms with Gasteiger partial charge in [0.05, 0.1) is 11.4 Å². The van der Waals surface area contributed by atoms with Gasteiger partial charge < -0.3 is 9.47 Å². The van der Waals surface area contributed by atoms with Crippen molar-refractivity contribution in [2.45, 2.75) is 96.0 Å². The van der Waals surface area contributed by atoms with E-state index in [0.717, 1.165) is 37.5 Å². The standard InChI is InChI=1S/C36H35F9N2O2/c1-7-31(5,8-2)24-13-11-23(12-14-24)30-47-28-16-10-22(19-26(28)33(49-30,35(40,41)42)36(43,44)45)17-21-9-15-27-25(18-21)32(6,34(37,38)39)48-29(46-27)20(3)4/h9-16,18-20H,7-8,17H2,1-6H3. The van der Waals surface area contributed by atoms with Gasteiger partial charge in [-0.2, -0.15) is 39.5 Å². The lowest BCUT2D eigenvalue weighted by atomic mass is 9.78. The van der Waals surface area contributed by atoms with Crippen LogP contribution in [0.15, 0.2) is 70.6 Å². The molecule has 0 saturated carbocycles. The van der Waals surface area contributed by atoms with Gasteiger partial charge in [-0.05, 0) is 84.7 Å². The van der Waals surface area contributed by atoms with Gasteiger partial charge in [-0.1, -0.05) is 58.9 Å². The maximum Gasteiger partial charge on any atom is 0.442 e. The second kappa shape index (κ2) is 12.1. The number of ether oxygens (including phenoxy) is 2. The summed E-state index contributed by atoms with van der Waals surface area (Å²) in [5.74, 6) is -1.43. The van der Waals surface area contributed by atoms with Crippen LogP contribution in [-0.4, -0.2) is 30.3 Å². The third-order valence-electron chi connectivity index (χ3n) is 9.66. The molecule has 0 radical (unpaired) electrons.